The molecule has 11 heavy (non-hydrogen) atoms. The fourth-order valence-electron chi connectivity index (χ4n) is 0.945. The third kappa shape index (κ3) is 0.778. The predicted octanol–water partition coefficient (Wildman–Crippen LogP) is 0.122. The van der Waals surface area contributed by atoms with Crippen molar-refractivity contribution < 1.29 is 0 Å². The minimum absolute atomic E-state index is 0.240. The number of hydrogen-bond acceptors (Lipinski definition) is 4. The van der Waals surface area contributed by atoms with Gasteiger partial charge in [-0.15, -0.1) is 0 Å². The average Bonchev–Trinajstić information content (AvgIpc) is 2.33. The lowest BCUT2D eigenvalue weighted by molar-refractivity contribution is 1.23. The van der Waals surface area contributed by atoms with Gasteiger partial charge in [0.25, 0.3) is 0 Å². The highest BCUT2D eigenvalue weighted by atomic mass is 15.0. The normalized spacial score (nSPS) is 10.5. The summed E-state index contributed by atoms with van der Waals surface area (Å²) in [5.41, 5.74) is 13.0. The van der Waals surface area contributed by atoms with Gasteiger partial charge in [-0.05, 0) is 0 Å². The molecule has 0 aliphatic rings. The van der Waals surface area contributed by atoms with Crippen molar-refractivity contribution in [2.75, 3.05) is 11.5 Å². The molecule has 0 aromatic carbocycles. The average molecular weight is 149 g/mol. The van der Waals surface area contributed by atoms with Crippen molar-refractivity contribution in [3.63, 3.8) is 0 Å². The fourth-order valence-corrected chi connectivity index (χ4v) is 0.945. The van der Waals surface area contributed by atoms with Crippen molar-refractivity contribution >= 4 is 22.7 Å². The molecule has 2 heterocycles. The Morgan fingerprint density at radius 1 is 1.36 bits per heavy atom. The van der Waals surface area contributed by atoms with Gasteiger partial charge in [0.2, 0.25) is 5.95 Å². The first kappa shape index (κ1) is 5.96. The Balaban J connectivity index is 2.87. The minimum atomic E-state index is 0.240. The van der Waals surface area contributed by atoms with Crippen LogP contribution in [0.5, 0.6) is 0 Å². The van der Waals surface area contributed by atoms with Gasteiger partial charge in [0.1, 0.15) is 5.52 Å². The summed E-state index contributed by atoms with van der Waals surface area (Å²) >= 11 is 0. The quantitative estimate of drug-likeness (QED) is 0.496. The maximum atomic E-state index is 5.57. The van der Waals surface area contributed by atoms with E-state index in [1.54, 1.807) is 12.4 Å². The molecule has 0 atom stereocenters. The zero-order valence-electron chi connectivity index (χ0n) is 5.70. The molecule has 0 saturated carbocycles. The molecular formula is C6H7N5. The fraction of sp³-hybridized carbons (Fsp3) is 0. The summed E-state index contributed by atoms with van der Waals surface area (Å²) in [6.45, 7) is 0. The molecule has 0 spiro atoms. The Kier molecular flexibility index (Phi) is 1.00. The lowest BCUT2D eigenvalue weighted by Gasteiger charge is -1.91. The van der Waals surface area contributed by atoms with E-state index in [4.69, 9.17) is 11.5 Å². The monoisotopic (exact) mass is 149 g/mol. The molecule has 2 aromatic rings. The van der Waals surface area contributed by atoms with Crippen LogP contribution in [-0.4, -0.2) is 15.0 Å². The van der Waals surface area contributed by atoms with E-state index in [1.807, 2.05) is 0 Å². The standard InChI is InChI=1S/C6H7N5/c7-3-1-9-4-2-10-6(8)11-5(3)4/h1-2,9H,7H2,(H2,8,10,11). The topological polar surface area (TPSA) is 93.6 Å². The third-order valence-corrected chi connectivity index (χ3v) is 1.46. The number of nitrogens with two attached hydrogens (primary N) is 2. The summed E-state index contributed by atoms with van der Waals surface area (Å²) in [4.78, 5) is 10.7. The molecule has 5 nitrogen and oxygen atoms in total. The minimum Gasteiger partial charge on any atom is -0.396 e. The summed E-state index contributed by atoms with van der Waals surface area (Å²) < 4.78 is 0. The Labute approximate surface area is 62.4 Å². The summed E-state index contributed by atoms with van der Waals surface area (Å²) in [7, 11) is 0. The van der Waals surface area contributed by atoms with Crippen molar-refractivity contribution in [1.82, 2.24) is 15.0 Å². The van der Waals surface area contributed by atoms with Crippen LogP contribution in [0.4, 0.5) is 11.6 Å². The van der Waals surface area contributed by atoms with E-state index < -0.39 is 0 Å². The zero-order chi connectivity index (χ0) is 7.84. The second-order valence-corrected chi connectivity index (χ2v) is 2.23. The number of hydrogen-bond donors (Lipinski definition) is 3. The van der Waals surface area contributed by atoms with Gasteiger partial charge >= 0.3 is 0 Å². The smallest absolute Gasteiger partial charge is 0.220 e. The molecule has 5 heteroatoms. The first-order valence-corrected chi connectivity index (χ1v) is 3.12. The van der Waals surface area contributed by atoms with E-state index in [9.17, 15) is 0 Å². The molecule has 0 amide bonds. The van der Waals surface area contributed by atoms with E-state index in [1.165, 1.54) is 0 Å². The van der Waals surface area contributed by atoms with Crippen LogP contribution >= 0.6 is 0 Å². The Hall–Kier alpha value is -1.78. The Morgan fingerprint density at radius 3 is 3.00 bits per heavy atom. The van der Waals surface area contributed by atoms with Crippen molar-refractivity contribution in [1.29, 1.82) is 0 Å². The van der Waals surface area contributed by atoms with Crippen molar-refractivity contribution in [2.24, 2.45) is 0 Å². The van der Waals surface area contributed by atoms with E-state index >= 15 is 0 Å². The molecular weight excluding hydrogens is 142 g/mol. The van der Waals surface area contributed by atoms with Gasteiger partial charge in [0, 0.05) is 6.20 Å². The molecule has 0 aliphatic carbocycles. The highest BCUT2D eigenvalue weighted by Gasteiger charge is 2.01. The highest BCUT2D eigenvalue weighted by Crippen LogP contribution is 2.16. The number of H-pyrrole nitrogens is 1. The Morgan fingerprint density at radius 2 is 2.18 bits per heavy atom. The van der Waals surface area contributed by atoms with Crippen LogP contribution in [0.3, 0.4) is 0 Å². The molecule has 0 bridgehead atoms. The summed E-state index contributed by atoms with van der Waals surface area (Å²) in [6.07, 6.45) is 3.27. The number of rotatable bonds is 0. The largest absolute Gasteiger partial charge is 0.396 e. The molecule has 0 saturated heterocycles. The van der Waals surface area contributed by atoms with Crippen LogP contribution in [0.2, 0.25) is 0 Å². The van der Waals surface area contributed by atoms with Crippen molar-refractivity contribution in [3.8, 4) is 0 Å². The van der Waals surface area contributed by atoms with Gasteiger partial charge in [-0.3, -0.25) is 0 Å². The van der Waals surface area contributed by atoms with E-state index in [2.05, 4.69) is 15.0 Å². The van der Waals surface area contributed by atoms with Crippen molar-refractivity contribution in [3.05, 3.63) is 12.4 Å². The van der Waals surface area contributed by atoms with Crippen LogP contribution in [0.15, 0.2) is 12.4 Å². The molecule has 2 rings (SSSR count). The number of aromatic amines is 1. The van der Waals surface area contributed by atoms with Crippen molar-refractivity contribution in [2.45, 2.75) is 0 Å². The predicted molar refractivity (Wildman–Crippen MR) is 42.7 cm³/mol. The third-order valence-electron chi connectivity index (χ3n) is 1.46. The second-order valence-electron chi connectivity index (χ2n) is 2.23. The van der Waals surface area contributed by atoms with E-state index in [0.717, 1.165) is 5.52 Å². The number of anilines is 2. The zero-order valence-corrected chi connectivity index (χ0v) is 5.70. The number of nitrogens with one attached hydrogen (secondary N) is 1. The molecule has 0 aliphatic heterocycles. The number of fused-ring (bicyclic) bond motifs is 1. The summed E-state index contributed by atoms with van der Waals surface area (Å²) in [5.74, 6) is 0.240. The van der Waals surface area contributed by atoms with Gasteiger partial charge in [-0.2, -0.15) is 0 Å². The summed E-state index contributed by atoms with van der Waals surface area (Å²) in [6, 6.07) is 0. The van der Waals surface area contributed by atoms with Crippen LogP contribution in [0.1, 0.15) is 0 Å². The van der Waals surface area contributed by atoms with E-state index in [-0.39, 0.29) is 5.95 Å². The molecule has 2 aromatic heterocycles. The Bertz CT molecular complexity index is 391. The van der Waals surface area contributed by atoms with Gasteiger partial charge < -0.3 is 16.5 Å². The van der Waals surface area contributed by atoms with Crippen LogP contribution in [-0.2, 0) is 0 Å². The number of nitrogen functional groups attached to an aromatic ring is 2. The first-order valence-electron chi connectivity index (χ1n) is 3.12. The highest BCUT2D eigenvalue weighted by molar-refractivity contribution is 5.87. The molecule has 56 valence electrons. The van der Waals surface area contributed by atoms with E-state index in [0.29, 0.717) is 11.2 Å². The van der Waals surface area contributed by atoms with Gasteiger partial charge in [0.15, 0.2) is 0 Å². The molecule has 5 N–H and O–H groups in total. The number of nitrogens with zero attached hydrogens (tertiary/aromatic N) is 2. The van der Waals surface area contributed by atoms with Gasteiger partial charge in [0.05, 0.1) is 17.4 Å². The maximum absolute atomic E-state index is 5.57. The number of aromatic nitrogens is 3. The van der Waals surface area contributed by atoms with Gasteiger partial charge in [-0.1, -0.05) is 0 Å². The molecule has 0 fully saturated rings. The lowest BCUT2D eigenvalue weighted by atomic mass is 10.4. The van der Waals surface area contributed by atoms with Crippen LogP contribution in [0.25, 0.3) is 11.0 Å². The molecule has 0 radical (unpaired) electrons. The first-order chi connectivity index (χ1) is 5.27. The van der Waals surface area contributed by atoms with Crippen LogP contribution < -0.4 is 11.5 Å². The molecule has 0 unspecified atom stereocenters. The van der Waals surface area contributed by atoms with Crippen LogP contribution in [0, 0.1) is 0 Å². The van der Waals surface area contributed by atoms with Gasteiger partial charge in [-0.25, -0.2) is 9.97 Å². The SMILES string of the molecule is Nc1ncc2[nH]cc(N)c2n1. The maximum Gasteiger partial charge on any atom is 0.220 e. The summed E-state index contributed by atoms with van der Waals surface area (Å²) in [5, 5.41) is 0. The lowest BCUT2D eigenvalue weighted by Crippen LogP contribution is -1.94. The second kappa shape index (κ2) is 1.85.